The van der Waals surface area contributed by atoms with Gasteiger partial charge in [0, 0.05) is 23.9 Å². The first-order valence-electron chi connectivity index (χ1n) is 8.55. The fourth-order valence-corrected chi connectivity index (χ4v) is 2.47. The molecule has 1 amide bonds. The number of aliphatic hydroxyl groups is 1. The summed E-state index contributed by atoms with van der Waals surface area (Å²) in [6.07, 6.45) is 2.24. The molecule has 0 aliphatic carbocycles. The molecular weight excluding hydrogens is 316 g/mol. The highest BCUT2D eigenvalue weighted by Gasteiger charge is 2.16. The van der Waals surface area contributed by atoms with E-state index in [2.05, 4.69) is 10.3 Å². The van der Waals surface area contributed by atoms with E-state index in [0.717, 1.165) is 11.3 Å². The molecule has 5 nitrogen and oxygen atoms in total. The number of hydrogen-bond donors (Lipinski definition) is 2. The van der Waals surface area contributed by atoms with E-state index in [1.807, 2.05) is 51.1 Å². The largest absolute Gasteiger partial charge is 0.487 e. The number of nitrogens with zero attached hydrogens (tertiary/aromatic N) is 1. The monoisotopic (exact) mass is 342 g/mol. The Labute approximate surface area is 149 Å². The van der Waals surface area contributed by atoms with Crippen molar-refractivity contribution in [2.75, 3.05) is 6.61 Å². The number of amides is 1. The van der Waals surface area contributed by atoms with Crippen molar-refractivity contribution >= 4 is 5.91 Å². The summed E-state index contributed by atoms with van der Waals surface area (Å²) >= 11 is 0. The van der Waals surface area contributed by atoms with Crippen LogP contribution in [0.15, 0.2) is 42.6 Å². The number of pyridine rings is 1. The van der Waals surface area contributed by atoms with Gasteiger partial charge in [-0.3, -0.25) is 9.78 Å². The van der Waals surface area contributed by atoms with E-state index >= 15 is 0 Å². The number of benzene rings is 1. The Morgan fingerprint density at radius 3 is 2.72 bits per heavy atom. The number of carbonyl (C=O) groups is 1. The molecule has 1 unspecified atom stereocenters. The van der Waals surface area contributed by atoms with Crippen LogP contribution in [0.3, 0.4) is 0 Å². The summed E-state index contributed by atoms with van der Waals surface area (Å²) in [5.74, 6) is 0.825. The number of ether oxygens (including phenoxy) is 1. The van der Waals surface area contributed by atoms with Gasteiger partial charge in [0.2, 0.25) is 0 Å². The highest BCUT2D eigenvalue weighted by atomic mass is 16.5. The van der Waals surface area contributed by atoms with Crippen LogP contribution in [0, 0.1) is 12.8 Å². The summed E-state index contributed by atoms with van der Waals surface area (Å²) in [4.78, 5) is 16.6. The fraction of sp³-hybridized carbons (Fsp3) is 0.400. The first-order chi connectivity index (χ1) is 12.0. The maximum atomic E-state index is 12.5. The number of aryl methyl sites for hydroxylation is 1. The summed E-state index contributed by atoms with van der Waals surface area (Å²) in [6, 6.07) is 11.1. The average molecular weight is 342 g/mol. The topological polar surface area (TPSA) is 71.5 Å². The predicted octanol–water partition coefficient (Wildman–Crippen LogP) is 3.11. The molecule has 2 N–H and O–H groups in total. The highest BCUT2D eigenvalue weighted by molar-refractivity contribution is 5.94. The molecule has 0 radical (unpaired) electrons. The Balaban J connectivity index is 1.99. The zero-order chi connectivity index (χ0) is 18.2. The number of aliphatic hydroxyl groups excluding tert-OH is 1. The van der Waals surface area contributed by atoms with Gasteiger partial charge in [-0.25, -0.2) is 0 Å². The van der Waals surface area contributed by atoms with Crippen LogP contribution in [0.1, 0.15) is 41.9 Å². The SMILES string of the molecule is Cc1ccc(OCc2cccc(C(=O)NC(CCO)C(C)C)c2)cn1. The number of carbonyl (C=O) groups excluding carboxylic acids is 1. The number of rotatable bonds is 8. The summed E-state index contributed by atoms with van der Waals surface area (Å²) in [5.41, 5.74) is 2.44. The van der Waals surface area contributed by atoms with Gasteiger partial charge < -0.3 is 15.2 Å². The quantitative estimate of drug-likeness (QED) is 0.773. The van der Waals surface area contributed by atoms with Crippen molar-refractivity contribution in [3.05, 3.63) is 59.4 Å². The number of hydrogen-bond acceptors (Lipinski definition) is 4. The van der Waals surface area contributed by atoms with E-state index in [-0.39, 0.29) is 24.5 Å². The zero-order valence-corrected chi connectivity index (χ0v) is 15.0. The van der Waals surface area contributed by atoms with Crippen molar-refractivity contribution < 1.29 is 14.6 Å². The normalized spacial score (nSPS) is 12.0. The molecule has 134 valence electrons. The Morgan fingerprint density at radius 1 is 1.28 bits per heavy atom. The third kappa shape index (κ3) is 5.87. The van der Waals surface area contributed by atoms with E-state index in [4.69, 9.17) is 9.84 Å². The molecule has 0 fully saturated rings. The van der Waals surface area contributed by atoms with E-state index in [0.29, 0.717) is 24.3 Å². The Bertz CT molecular complexity index is 684. The van der Waals surface area contributed by atoms with Gasteiger partial charge >= 0.3 is 0 Å². The molecule has 0 aliphatic rings. The smallest absolute Gasteiger partial charge is 0.251 e. The van der Waals surface area contributed by atoms with Crippen molar-refractivity contribution in [2.24, 2.45) is 5.92 Å². The van der Waals surface area contributed by atoms with Gasteiger partial charge in [0.25, 0.3) is 5.91 Å². The highest BCUT2D eigenvalue weighted by Crippen LogP contribution is 2.14. The lowest BCUT2D eigenvalue weighted by Gasteiger charge is -2.21. The third-order valence-electron chi connectivity index (χ3n) is 4.04. The molecule has 1 aromatic heterocycles. The number of aromatic nitrogens is 1. The zero-order valence-electron chi connectivity index (χ0n) is 15.0. The first-order valence-corrected chi connectivity index (χ1v) is 8.55. The summed E-state index contributed by atoms with van der Waals surface area (Å²) < 4.78 is 5.71. The predicted molar refractivity (Wildman–Crippen MR) is 97.5 cm³/mol. The summed E-state index contributed by atoms with van der Waals surface area (Å²) in [6.45, 7) is 6.41. The second-order valence-electron chi connectivity index (χ2n) is 6.46. The van der Waals surface area contributed by atoms with E-state index in [9.17, 15) is 4.79 Å². The van der Waals surface area contributed by atoms with Crippen LogP contribution in [-0.2, 0) is 6.61 Å². The molecule has 2 rings (SSSR count). The van der Waals surface area contributed by atoms with Gasteiger partial charge in [0.15, 0.2) is 0 Å². The van der Waals surface area contributed by atoms with Gasteiger partial charge in [-0.2, -0.15) is 0 Å². The molecule has 1 atom stereocenters. The van der Waals surface area contributed by atoms with Crippen molar-refractivity contribution in [2.45, 2.75) is 39.8 Å². The maximum Gasteiger partial charge on any atom is 0.251 e. The molecule has 0 saturated heterocycles. The van der Waals surface area contributed by atoms with Crippen molar-refractivity contribution in [3.63, 3.8) is 0 Å². The minimum Gasteiger partial charge on any atom is -0.487 e. The minimum atomic E-state index is -0.133. The molecule has 0 bridgehead atoms. The lowest BCUT2D eigenvalue weighted by Crippen LogP contribution is -2.39. The first kappa shape index (κ1) is 18.9. The molecule has 0 aliphatic heterocycles. The second kappa shape index (κ2) is 9.18. The molecule has 5 heteroatoms. The van der Waals surface area contributed by atoms with Crippen molar-refractivity contribution in [1.82, 2.24) is 10.3 Å². The fourth-order valence-electron chi connectivity index (χ4n) is 2.47. The molecular formula is C20H26N2O3. The van der Waals surface area contributed by atoms with Gasteiger partial charge in [-0.15, -0.1) is 0 Å². The molecule has 1 aromatic carbocycles. The lowest BCUT2D eigenvalue weighted by atomic mass is 10.0. The van der Waals surface area contributed by atoms with E-state index in [1.165, 1.54) is 0 Å². The lowest BCUT2D eigenvalue weighted by molar-refractivity contribution is 0.0916. The van der Waals surface area contributed by atoms with Crippen molar-refractivity contribution in [3.8, 4) is 5.75 Å². The van der Waals surface area contributed by atoms with Crippen LogP contribution in [0.5, 0.6) is 5.75 Å². The van der Waals surface area contributed by atoms with Gasteiger partial charge in [0.1, 0.15) is 12.4 Å². The molecule has 0 saturated carbocycles. The van der Waals surface area contributed by atoms with Crippen LogP contribution in [0.25, 0.3) is 0 Å². The minimum absolute atomic E-state index is 0.0453. The average Bonchev–Trinajstić information content (AvgIpc) is 2.61. The van der Waals surface area contributed by atoms with Crippen LogP contribution in [0.2, 0.25) is 0 Å². The Morgan fingerprint density at radius 2 is 2.08 bits per heavy atom. The van der Waals surface area contributed by atoms with Crippen LogP contribution in [0.4, 0.5) is 0 Å². The van der Waals surface area contributed by atoms with Gasteiger partial charge in [-0.05, 0) is 49.1 Å². The van der Waals surface area contributed by atoms with Crippen molar-refractivity contribution in [1.29, 1.82) is 0 Å². The van der Waals surface area contributed by atoms with E-state index < -0.39 is 0 Å². The molecule has 25 heavy (non-hydrogen) atoms. The summed E-state index contributed by atoms with van der Waals surface area (Å²) in [5, 5.41) is 12.1. The van der Waals surface area contributed by atoms with Crippen LogP contribution >= 0.6 is 0 Å². The Kier molecular flexibility index (Phi) is 6.95. The summed E-state index contributed by atoms with van der Waals surface area (Å²) in [7, 11) is 0. The standard InChI is InChI=1S/C20H26N2O3/c1-14(2)19(9-10-23)22-20(24)17-6-4-5-16(11-17)13-25-18-8-7-15(3)21-12-18/h4-8,11-12,14,19,23H,9-10,13H2,1-3H3,(H,22,24). The Hall–Kier alpha value is -2.40. The van der Waals surface area contributed by atoms with Crippen LogP contribution < -0.4 is 10.1 Å². The van der Waals surface area contributed by atoms with Gasteiger partial charge in [0.05, 0.1) is 6.20 Å². The van der Waals surface area contributed by atoms with Gasteiger partial charge in [-0.1, -0.05) is 26.0 Å². The van der Waals surface area contributed by atoms with Crippen LogP contribution in [-0.4, -0.2) is 28.6 Å². The second-order valence-corrected chi connectivity index (χ2v) is 6.46. The van der Waals surface area contributed by atoms with E-state index in [1.54, 1.807) is 12.3 Å². The molecule has 1 heterocycles. The number of nitrogens with one attached hydrogen (secondary N) is 1. The molecule has 2 aromatic rings. The third-order valence-corrected chi connectivity index (χ3v) is 4.04. The molecule has 0 spiro atoms. The maximum absolute atomic E-state index is 12.5.